The number of benzene rings is 1. The van der Waals surface area contributed by atoms with Gasteiger partial charge in [0.1, 0.15) is 5.75 Å². The Balaban J connectivity index is 0.00000128. The highest BCUT2D eigenvalue weighted by atomic mass is 35.5. The summed E-state index contributed by atoms with van der Waals surface area (Å²) in [5.74, 6) is 0.0675. The van der Waals surface area contributed by atoms with Crippen LogP contribution in [0.15, 0.2) is 35.0 Å². The second-order valence-electron chi connectivity index (χ2n) is 3.21. The molecule has 0 unspecified atom stereocenters. The quantitative estimate of drug-likeness (QED) is 0.880. The van der Waals surface area contributed by atoms with Gasteiger partial charge in [0.25, 0.3) is 0 Å². The van der Waals surface area contributed by atoms with Gasteiger partial charge in [0.15, 0.2) is 0 Å². The number of phenols is 1. The molecule has 2 rings (SSSR count). The van der Waals surface area contributed by atoms with E-state index >= 15 is 0 Å². The molecular formula is C11H11Cl2NOS. The molecule has 0 fully saturated rings. The number of hydrogen-bond acceptors (Lipinski definition) is 3. The third-order valence-electron chi connectivity index (χ3n) is 2.26. The van der Waals surface area contributed by atoms with E-state index in [0.717, 1.165) is 5.56 Å². The molecule has 0 radical (unpaired) electrons. The van der Waals surface area contributed by atoms with Crippen molar-refractivity contribution in [1.82, 2.24) is 0 Å². The first-order valence-electron chi connectivity index (χ1n) is 4.45. The third-order valence-corrected chi connectivity index (χ3v) is 3.26. The van der Waals surface area contributed by atoms with Crippen LogP contribution >= 0.6 is 35.3 Å². The van der Waals surface area contributed by atoms with E-state index in [1.165, 1.54) is 0 Å². The molecule has 1 aromatic carbocycles. The van der Waals surface area contributed by atoms with E-state index in [-0.39, 0.29) is 24.2 Å². The Hall–Kier alpha value is -0.740. The molecule has 0 spiro atoms. The van der Waals surface area contributed by atoms with Gasteiger partial charge >= 0.3 is 0 Å². The number of phenolic OH excluding ortho intramolecular Hbond substituents is 1. The van der Waals surface area contributed by atoms with Crippen molar-refractivity contribution < 1.29 is 5.11 Å². The summed E-state index contributed by atoms with van der Waals surface area (Å²) < 4.78 is 0. The van der Waals surface area contributed by atoms with Crippen molar-refractivity contribution in [1.29, 1.82) is 0 Å². The van der Waals surface area contributed by atoms with Crippen LogP contribution in [0.4, 0.5) is 0 Å². The van der Waals surface area contributed by atoms with Crippen LogP contribution in [0.25, 0.3) is 0 Å². The molecule has 1 heterocycles. The number of halogens is 2. The van der Waals surface area contributed by atoms with Gasteiger partial charge in [-0.3, -0.25) is 0 Å². The van der Waals surface area contributed by atoms with Gasteiger partial charge in [-0.2, -0.15) is 11.3 Å². The second kappa shape index (κ2) is 5.55. The second-order valence-corrected chi connectivity index (χ2v) is 4.40. The van der Waals surface area contributed by atoms with Crippen LogP contribution in [0.3, 0.4) is 0 Å². The van der Waals surface area contributed by atoms with Crippen LogP contribution < -0.4 is 5.73 Å². The van der Waals surface area contributed by atoms with Crippen molar-refractivity contribution in [3.8, 4) is 5.75 Å². The molecule has 5 heteroatoms. The van der Waals surface area contributed by atoms with Gasteiger partial charge in [-0.1, -0.05) is 23.7 Å². The lowest BCUT2D eigenvalue weighted by molar-refractivity contribution is 0.465. The molecule has 0 saturated heterocycles. The normalized spacial score (nSPS) is 11.9. The van der Waals surface area contributed by atoms with Crippen molar-refractivity contribution in [2.24, 2.45) is 5.73 Å². The summed E-state index contributed by atoms with van der Waals surface area (Å²) in [6, 6.07) is 6.82. The molecule has 0 aliphatic carbocycles. The Morgan fingerprint density at radius 3 is 2.69 bits per heavy atom. The fraction of sp³-hybridized carbons (Fsp3) is 0.0909. The van der Waals surface area contributed by atoms with Crippen LogP contribution in [0.5, 0.6) is 5.75 Å². The Bertz CT molecular complexity index is 459. The van der Waals surface area contributed by atoms with E-state index in [2.05, 4.69) is 0 Å². The topological polar surface area (TPSA) is 46.2 Å². The summed E-state index contributed by atoms with van der Waals surface area (Å²) in [5.41, 5.74) is 7.66. The first-order chi connectivity index (χ1) is 7.20. The molecule has 2 aromatic rings. The third kappa shape index (κ3) is 2.50. The maximum absolute atomic E-state index is 9.76. The minimum atomic E-state index is -0.324. The van der Waals surface area contributed by atoms with Crippen molar-refractivity contribution in [3.63, 3.8) is 0 Å². The van der Waals surface area contributed by atoms with E-state index in [1.807, 2.05) is 16.8 Å². The van der Waals surface area contributed by atoms with Crippen LogP contribution in [-0.2, 0) is 0 Å². The zero-order chi connectivity index (χ0) is 10.8. The summed E-state index contributed by atoms with van der Waals surface area (Å²) in [6.07, 6.45) is 0. The minimum absolute atomic E-state index is 0. The van der Waals surface area contributed by atoms with Crippen molar-refractivity contribution in [3.05, 3.63) is 51.2 Å². The van der Waals surface area contributed by atoms with Crippen LogP contribution in [0.2, 0.25) is 5.02 Å². The summed E-state index contributed by atoms with van der Waals surface area (Å²) >= 11 is 7.39. The van der Waals surface area contributed by atoms with Gasteiger partial charge in [0.2, 0.25) is 0 Å². The number of thiophene rings is 1. The highest BCUT2D eigenvalue weighted by molar-refractivity contribution is 7.08. The summed E-state index contributed by atoms with van der Waals surface area (Å²) in [6.45, 7) is 0. The molecule has 0 saturated carbocycles. The first kappa shape index (κ1) is 13.3. The Morgan fingerprint density at radius 1 is 1.31 bits per heavy atom. The van der Waals surface area contributed by atoms with Crippen molar-refractivity contribution in [2.45, 2.75) is 6.04 Å². The average molecular weight is 276 g/mol. The Labute approximate surface area is 109 Å². The molecule has 1 aromatic heterocycles. The van der Waals surface area contributed by atoms with E-state index in [0.29, 0.717) is 10.6 Å². The largest absolute Gasteiger partial charge is 0.506 e. The zero-order valence-corrected chi connectivity index (χ0v) is 10.6. The van der Waals surface area contributed by atoms with Gasteiger partial charge in [-0.05, 0) is 28.5 Å². The van der Waals surface area contributed by atoms with Crippen molar-refractivity contribution >= 4 is 35.3 Å². The molecule has 0 aliphatic rings. The Kier molecular flexibility index (Phi) is 4.62. The fourth-order valence-corrected chi connectivity index (χ4v) is 2.29. The van der Waals surface area contributed by atoms with Crippen molar-refractivity contribution in [2.75, 3.05) is 0 Å². The molecular weight excluding hydrogens is 265 g/mol. The lowest BCUT2D eigenvalue weighted by atomic mass is 10.0. The van der Waals surface area contributed by atoms with Crippen LogP contribution in [-0.4, -0.2) is 5.11 Å². The number of rotatable bonds is 2. The first-order valence-corrected chi connectivity index (χ1v) is 5.77. The van der Waals surface area contributed by atoms with Gasteiger partial charge in [0, 0.05) is 5.56 Å². The molecule has 1 atom stereocenters. The maximum Gasteiger partial charge on any atom is 0.139 e. The van der Waals surface area contributed by atoms with E-state index < -0.39 is 0 Å². The molecule has 0 aliphatic heterocycles. The van der Waals surface area contributed by atoms with Crippen LogP contribution in [0.1, 0.15) is 17.2 Å². The standard InChI is InChI=1S/C11H10ClNOS.ClH/c12-9-3-1-2-8(11(9)14)10(13)7-4-5-15-6-7;/h1-6,10,14H,13H2;1H/t10-;/m1./s1. The van der Waals surface area contributed by atoms with E-state index in [1.54, 1.807) is 29.5 Å². The van der Waals surface area contributed by atoms with Gasteiger partial charge in [-0.25, -0.2) is 0 Å². The predicted molar refractivity (Wildman–Crippen MR) is 70.7 cm³/mol. The average Bonchev–Trinajstić information content (AvgIpc) is 2.74. The van der Waals surface area contributed by atoms with Gasteiger partial charge in [-0.15, -0.1) is 12.4 Å². The highest BCUT2D eigenvalue weighted by Gasteiger charge is 2.14. The predicted octanol–water partition coefficient (Wildman–Crippen LogP) is 3.58. The van der Waals surface area contributed by atoms with Gasteiger partial charge in [0.05, 0.1) is 11.1 Å². The Morgan fingerprint density at radius 2 is 2.06 bits per heavy atom. The van der Waals surface area contributed by atoms with Crippen LogP contribution in [0, 0.1) is 0 Å². The number of aromatic hydroxyl groups is 1. The minimum Gasteiger partial charge on any atom is -0.506 e. The molecule has 16 heavy (non-hydrogen) atoms. The lowest BCUT2D eigenvalue weighted by Crippen LogP contribution is -2.10. The zero-order valence-electron chi connectivity index (χ0n) is 8.26. The summed E-state index contributed by atoms with van der Waals surface area (Å²) in [7, 11) is 0. The molecule has 3 N–H and O–H groups in total. The van der Waals surface area contributed by atoms with E-state index in [9.17, 15) is 5.11 Å². The molecule has 0 amide bonds. The smallest absolute Gasteiger partial charge is 0.139 e. The fourth-order valence-electron chi connectivity index (χ4n) is 1.41. The maximum atomic E-state index is 9.76. The SMILES string of the molecule is Cl.N[C@H](c1ccsc1)c1cccc(Cl)c1O. The highest BCUT2D eigenvalue weighted by Crippen LogP contribution is 2.33. The van der Waals surface area contributed by atoms with E-state index in [4.69, 9.17) is 17.3 Å². The molecule has 0 bridgehead atoms. The lowest BCUT2D eigenvalue weighted by Gasteiger charge is -2.12. The molecule has 2 nitrogen and oxygen atoms in total. The summed E-state index contributed by atoms with van der Waals surface area (Å²) in [5, 5.41) is 14.0. The number of hydrogen-bond donors (Lipinski definition) is 2. The monoisotopic (exact) mass is 275 g/mol. The number of para-hydroxylation sites is 1. The molecule has 86 valence electrons. The number of nitrogens with two attached hydrogens (primary N) is 1. The van der Waals surface area contributed by atoms with Gasteiger partial charge < -0.3 is 10.8 Å². The summed E-state index contributed by atoms with van der Waals surface area (Å²) in [4.78, 5) is 0.